The van der Waals surface area contributed by atoms with Gasteiger partial charge in [0.15, 0.2) is 0 Å². The third-order valence-electron chi connectivity index (χ3n) is 1.68. The second-order valence-corrected chi connectivity index (χ2v) is 2.84. The molecule has 0 N–H and O–H groups in total. The summed E-state index contributed by atoms with van der Waals surface area (Å²) in [4.78, 5) is 11.3. The summed E-state index contributed by atoms with van der Waals surface area (Å²) >= 11 is 0. The molecule has 0 amide bonds. The molecule has 17 heavy (non-hydrogen) atoms. The number of nitro groups is 1. The second kappa shape index (κ2) is 3.86. The lowest BCUT2D eigenvalue weighted by atomic mass is 10.2. The summed E-state index contributed by atoms with van der Waals surface area (Å²) in [5, 5.41) is 10.2. The molecule has 0 aliphatic carbocycles. The van der Waals surface area contributed by atoms with Gasteiger partial charge in [-0.05, 0) is 6.07 Å². The molecule has 0 aliphatic rings. The molecule has 0 saturated heterocycles. The minimum Gasteiger partial charge on any atom is -0.258 e. The molecule has 1 heterocycles. The minimum absolute atomic E-state index is 0.0638. The number of nitrogens with zero attached hydrogens (tertiary/aromatic N) is 2. The molecule has 0 aromatic carbocycles. The summed E-state index contributed by atoms with van der Waals surface area (Å²) < 4.78 is 73.1. The molecule has 0 spiro atoms. The van der Waals surface area contributed by atoms with Crippen molar-refractivity contribution in [3.63, 3.8) is 0 Å². The fourth-order valence-corrected chi connectivity index (χ4v) is 0.976. The van der Waals surface area contributed by atoms with Gasteiger partial charge in [0.2, 0.25) is 0 Å². The van der Waals surface area contributed by atoms with Crippen molar-refractivity contribution in [1.29, 1.82) is 0 Å². The van der Waals surface area contributed by atoms with Crippen LogP contribution < -0.4 is 0 Å². The van der Waals surface area contributed by atoms with Crippen LogP contribution in [-0.4, -0.2) is 9.91 Å². The molecular formula is C7H2F6N2O2. The van der Waals surface area contributed by atoms with E-state index in [9.17, 15) is 36.5 Å². The van der Waals surface area contributed by atoms with Crippen molar-refractivity contribution in [3.05, 3.63) is 33.6 Å². The Labute approximate surface area is 89.0 Å². The maximum atomic E-state index is 12.3. The van der Waals surface area contributed by atoms with Crippen LogP contribution in [0, 0.1) is 10.1 Å². The molecule has 94 valence electrons. The molecular weight excluding hydrogens is 258 g/mol. The standard InChI is InChI=1S/C7H2F6N2O2/c8-6(9,10)3-1-5(7(11,12)13)14-2-4(3)15(16)17/h1-2H. The number of hydrogen-bond acceptors (Lipinski definition) is 3. The van der Waals surface area contributed by atoms with Gasteiger partial charge in [0, 0.05) is 0 Å². The van der Waals surface area contributed by atoms with E-state index in [1.54, 1.807) is 0 Å². The minimum atomic E-state index is -5.26. The quantitative estimate of drug-likeness (QED) is 0.443. The van der Waals surface area contributed by atoms with E-state index in [0.717, 1.165) is 0 Å². The largest absolute Gasteiger partial charge is 0.433 e. The average molecular weight is 260 g/mol. The second-order valence-electron chi connectivity index (χ2n) is 2.84. The van der Waals surface area contributed by atoms with Crippen LogP contribution in [0.5, 0.6) is 0 Å². The maximum absolute atomic E-state index is 12.3. The Hall–Kier alpha value is -1.87. The molecule has 0 bridgehead atoms. The van der Waals surface area contributed by atoms with E-state index in [2.05, 4.69) is 4.98 Å². The number of rotatable bonds is 1. The van der Waals surface area contributed by atoms with Crippen molar-refractivity contribution in [2.45, 2.75) is 12.4 Å². The molecule has 1 aromatic rings. The Morgan fingerprint density at radius 2 is 1.65 bits per heavy atom. The highest BCUT2D eigenvalue weighted by Gasteiger charge is 2.42. The van der Waals surface area contributed by atoms with E-state index in [4.69, 9.17) is 0 Å². The summed E-state index contributed by atoms with van der Waals surface area (Å²) in [6, 6.07) is -0.391. The lowest BCUT2D eigenvalue weighted by Gasteiger charge is -2.10. The van der Waals surface area contributed by atoms with Crippen LogP contribution in [0.25, 0.3) is 0 Å². The third kappa shape index (κ3) is 2.82. The summed E-state index contributed by atoms with van der Waals surface area (Å²) in [6.45, 7) is 0. The van der Waals surface area contributed by atoms with Crippen molar-refractivity contribution < 1.29 is 31.3 Å². The van der Waals surface area contributed by atoms with E-state index in [-0.39, 0.29) is 6.20 Å². The maximum Gasteiger partial charge on any atom is 0.433 e. The van der Waals surface area contributed by atoms with E-state index in [1.165, 1.54) is 0 Å². The molecule has 4 nitrogen and oxygen atoms in total. The Balaban J connectivity index is 3.46. The van der Waals surface area contributed by atoms with Gasteiger partial charge in [-0.1, -0.05) is 0 Å². The van der Waals surface area contributed by atoms with Crippen LogP contribution in [0.4, 0.5) is 32.0 Å². The predicted octanol–water partition coefficient (Wildman–Crippen LogP) is 3.03. The van der Waals surface area contributed by atoms with Gasteiger partial charge in [0.25, 0.3) is 5.69 Å². The summed E-state index contributed by atoms with van der Waals surface area (Å²) in [5.74, 6) is 0. The average Bonchev–Trinajstić information content (AvgIpc) is 2.14. The zero-order chi connectivity index (χ0) is 13.4. The number of hydrogen-bond donors (Lipinski definition) is 0. The Bertz CT molecular complexity index is 453. The SMILES string of the molecule is O=[N+]([O-])c1cnc(C(F)(F)F)cc1C(F)(F)F. The molecule has 1 aromatic heterocycles. The zero-order valence-electron chi connectivity index (χ0n) is 7.63. The van der Waals surface area contributed by atoms with Gasteiger partial charge in [0.05, 0.1) is 4.92 Å². The van der Waals surface area contributed by atoms with Crippen molar-refractivity contribution in [3.8, 4) is 0 Å². The van der Waals surface area contributed by atoms with Crippen molar-refractivity contribution in [2.75, 3.05) is 0 Å². The van der Waals surface area contributed by atoms with Crippen molar-refractivity contribution in [1.82, 2.24) is 4.98 Å². The van der Waals surface area contributed by atoms with Crippen LogP contribution in [0.1, 0.15) is 11.3 Å². The van der Waals surface area contributed by atoms with Gasteiger partial charge >= 0.3 is 12.4 Å². The van der Waals surface area contributed by atoms with Gasteiger partial charge < -0.3 is 0 Å². The molecule has 0 saturated carbocycles. The molecule has 0 atom stereocenters. The van der Waals surface area contributed by atoms with Crippen LogP contribution in [-0.2, 0) is 12.4 Å². The summed E-state index contributed by atoms with van der Waals surface area (Å²) in [7, 11) is 0. The normalized spacial score (nSPS) is 12.6. The zero-order valence-corrected chi connectivity index (χ0v) is 7.63. The molecule has 0 radical (unpaired) electrons. The highest BCUT2D eigenvalue weighted by molar-refractivity contribution is 5.41. The van der Waals surface area contributed by atoms with E-state index < -0.39 is 40.3 Å². The fraction of sp³-hybridized carbons (Fsp3) is 0.286. The Morgan fingerprint density at radius 1 is 1.12 bits per heavy atom. The highest BCUT2D eigenvalue weighted by atomic mass is 19.4. The van der Waals surface area contributed by atoms with Gasteiger partial charge in [-0.3, -0.25) is 10.1 Å². The van der Waals surface area contributed by atoms with Crippen LogP contribution in [0.2, 0.25) is 0 Å². The first-order valence-corrected chi connectivity index (χ1v) is 3.82. The van der Waals surface area contributed by atoms with Gasteiger partial charge in [-0.25, -0.2) is 4.98 Å². The van der Waals surface area contributed by atoms with Crippen molar-refractivity contribution in [2.24, 2.45) is 0 Å². The van der Waals surface area contributed by atoms with E-state index in [1.807, 2.05) is 0 Å². The first kappa shape index (κ1) is 13.2. The number of pyridine rings is 1. The number of alkyl halides is 6. The lowest BCUT2D eigenvalue weighted by molar-refractivity contribution is -0.388. The molecule has 1 rings (SSSR count). The molecule has 0 aliphatic heterocycles. The Kier molecular flexibility index (Phi) is 2.99. The first-order chi connectivity index (χ1) is 7.53. The fourth-order valence-electron chi connectivity index (χ4n) is 0.976. The van der Waals surface area contributed by atoms with Crippen LogP contribution in [0.3, 0.4) is 0 Å². The molecule has 0 unspecified atom stereocenters. The van der Waals surface area contributed by atoms with Crippen LogP contribution >= 0.6 is 0 Å². The summed E-state index contributed by atoms with van der Waals surface area (Å²) in [6.07, 6.45) is -10.4. The molecule has 10 heteroatoms. The number of aromatic nitrogens is 1. The number of halogens is 6. The Morgan fingerprint density at radius 3 is 2.00 bits per heavy atom. The smallest absolute Gasteiger partial charge is 0.258 e. The first-order valence-electron chi connectivity index (χ1n) is 3.82. The van der Waals surface area contributed by atoms with Crippen LogP contribution in [0.15, 0.2) is 12.3 Å². The van der Waals surface area contributed by atoms with Crippen molar-refractivity contribution >= 4 is 5.69 Å². The van der Waals surface area contributed by atoms with Gasteiger partial charge in [-0.15, -0.1) is 0 Å². The van der Waals surface area contributed by atoms with Gasteiger partial charge in [0.1, 0.15) is 17.5 Å². The monoisotopic (exact) mass is 260 g/mol. The predicted molar refractivity (Wildman–Crippen MR) is 40.9 cm³/mol. The third-order valence-corrected chi connectivity index (χ3v) is 1.68. The highest BCUT2D eigenvalue weighted by Crippen LogP contribution is 2.38. The molecule has 0 fully saturated rings. The topological polar surface area (TPSA) is 56.0 Å². The van der Waals surface area contributed by atoms with Gasteiger partial charge in [-0.2, -0.15) is 26.3 Å². The summed E-state index contributed by atoms with van der Waals surface area (Å²) in [5.41, 5.74) is -5.34. The lowest BCUT2D eigenvalue weighted by Crippen LogP contribution is -2.14. The van der Waals surface area contributed by atoms with E-state index >= 15 is 0 Å². The van der Waals surface area contributed by atoms with E-state index in [0.29, 0.717) is 0 Å².